The summed E-state index contributed by atoms with van der Waals surface area (Å²) in [7, 11) is -4.28. The summed E-state index contributed by atoms with van der Waals surface area (Å²) >= 11 is 0. The molecule has 13 heteroatoms. The van der Waals surface area contributed by atoms with E-state index >= 15 is 0 Å². The summed E-state index contributed by atoms with van der Waals surface area (Å²) in [6, 6.07) is 4.82. The molecule has 0 bridgehead atoms. The summed E-state index contributed by atoms with van der Waals surface area (Å²) in [6.45, 7) is 1.37. The van der Waals surface area contributed by atoms with E-state index in [9.17, 15) is 35.2 Å². The monoisotopic (exact) mass is 540 g/mol. The van der Waals surface area contributed by atoms with Gasteiger partial charge in [-0.25, -0.2) is 27.2 Å². The molecule has 3 atom stereocenters. The maximum atomic E-state index is 14.6. The van der Waals surface area contributed by atoms with E-state index in [1.54, 1.807) is 12.1 Å². The highest BCUT2D eigenvalue weighted by Crippen LogP contribution is 2.34. The number of sulfonamides is 1. The third-order valence-electron chi connectivity index (χ3n) is 6.12. The first kappa shape index (κ1) is 26.7. The minimum absolute atomic E-state index is 0.0838. The van der Waals surface area contributed by atoms with Gasteiger partial charge in [0.15, 0.2) is 5.78 Å². The van der Waals surface area contributed by atoms with E-state index in [1.165, 1.54) is 13.1 Å². The number of rotatable bonds is 7. The van der Waals surface area contributed by atoms with Crippen LogP contribution in [0.5, 0.6) is 0 Å². The summed E-state index contributed by atoms with van der Waals surface area (Å²) in [5.41, 5.74) is 1.20. The van der Waals surface area contributed by atoms with E-state index in [4.69, 9.17) is 0 Å². The number of pyridine rings is 1. The normalized spacial score (nSPS) is 20.8. The Balaban J connectivity index is 1.49. The van der Waals surface area contributed by atoms with E-state index < -0.39 is 51.9 Å². The van der Waals surface area contributed by atoms with Crippen molar-refractivity contribution in [3.63, 3.8) is 0 Å². The number of hydrogen-bond donors (Lipinski definition) is 0. The molecule has 1 aliphatic heterocycles. The lowest BCUT2D eigenvalue weighted by atomic mass is 10.0. The summed E-state index contributed by atoms with van der Waals surface area (Å²) in [6.07, 6.45) is -3.15. The quantitative estimate of drug-likeness (QED) is 0.413. The van der Waals surface area contributed by atoms with E-state index in [0.29, 0.717) is 16.8 Å². The predicted molar refractivity (Wildman–Crippen MR) is 122 cm³/mol. The second-order valence-corrected chi connectivity index (χ2v) is 10.4. The van der Waals surface area contributed by atoms with E-state index in [1.807, 2.05) is 0 Å². The average Bonchev–Trinajstić information content (AvgIpc) is 3.17. The van der Waals surface area contributed by atoms with Gasteiger partial charge in [0, 0.05) is 42.7 Å². The first-order valence-corrected chi connectivity index (χ1v) is 12.6. The predicted octanol–water partition coefficient (Wildman–Crippen LogP) is 4.39. The maximum Gasteiger partial charge on any atom is 0.451 e. The molecule has 1 aromatic carbocycles. The third kappa shape index (κ3) is 5.67. The van der Waals surface area contributed by atoms with Crippen molar-refractivity contribution in [1.82, 2.24) is 19.3 Å². The fourth-order valence-electron chi connectivity index (χ4n) is 4.18. The zero-order valence-electron chi connectivity index (χ0n) is 19.4. The van der Waals surface area contributed by atoms with Gasteiger partial charge in [0.05, 0.1) is 17.0 Å². The number of nitrogens with zero attached hydrogens (tertiary/aromatic N) is 4. The molecular formula is C24H21F5N4O3S. The molecule has 1 saturated heterocycles. The maximum absolute atomic E-state index is 14.6. The van der Waals surface area contributed by atoms with Crippen LogP contribution in [0.2, 0.25) is 0 Å². The van der Waals surface area contributed by atoms with Gasteiger partial charge in [-0.2, -0.15) is 17.5 Å². The number of benzene rings is 1. The van der Waals surface area contributed by atoms with Crippen molar-refractivity contribution < 1.29 is 35.2 Å². The van der Waals surface area contributed by atoms with Gasteiger partial charge >= 0.3 is 6.18 Å². The van der Waals surface area contributed by atoms with Crippen molar-refractivity contribution in [2.75, 3.05) is 0 Å². The van der Waals surface area contributed by atoms with Crippen LogP contribution in [0.3, 0.4) is 0 Å². The molecule has 7 nitrogen and oxygen atoms in total. The van der Waals surface area contributed by atoms with Crippen LogP contribution in [0.15, 0.2) is 59.9 Å². The van der Waals surface area contributed by atoms with Crippen LogP contribution in [-0.4, -0.2) is 51.7 Å². The Morgan fingerprint density at radius 3 is 2.32 bits per heavy atom. The van der Waals surface area contributed by atoms with Crippen molar-refractivity contribution in [2.24, 2.45) is 0 Å². The van der Waals surface area contributed by atoms with Crippen LogP contribution in [0.25, 0.3) is 11.1 Å². The molecule has 0 unspecified atom stereocenters. The summed E-state index contributed by atoms with van der Waals surface area (Å²) in [4.78, 5) is 23.6. The molecule has 196 valence electrons. The van der Waals surface area contributed by atoms with Crippen molar-refractivity contribution in [3.8, 4) is 11.1 Å². The summed E-state index contributed by atoms with van der Waals surface area (Å²) < 4.78 is 93.2. The van der Waals surface area contributed by atoms with Gasteiger partial charge in [0.2, 0.25) is 15.8 Å². The Morgan fingerprint density at radius 2 is 1.70 bits per heavy atom. The number of carbonyl (C=O) groups excluding carboxylic acids is 1. The fourth-order valence-corrected chi connectivity index (χ4v) is 6.01. The van der Waals surface area contributed by atoms with Crippen LogP contribution >= 0.6 is 0 Å². The molecule has 37 heavy (non-hydrogen) atoms. The highest BCUT2D eigenvalue weighted by Gasteiger charge is 2.48. The molecule has 0 amide bonds. The number of alkyl halides is 4. The summed E-state index contributed by atoms with van der Waals surface area (Å²) in [5.74, 6) is -2.42. The standard InChI is InChI=1S/C24H21F5N4O3S/c1-14-20(26)11-21(33(14)37(35,36)19-5-2-17(25)3-6-19)22(34)7-4-18-10-15(8-9-30-18)16-12-31-23(32-13-16)24(27,28)29/h2-3,5-6,8-10,12-14,20-21H,4,7,11H2,1H3/t14-,20+,21-/m0/s1. The highest BCUT2D eigenvalue weighted by atomic mass is 32.2. The van der Waals surface area contributed by atoms with Gasteiger partial charge in [0.1, 0.15) is 12.0 Å². The molecular weight excluding hydrogens is 519 g/mol. The Hall–Kier alpha value is -3.32. The van der Waals surface area contributed by atoms with Gasteiger partial charge in [0.25, 0.3) is 0 Å². The molecule has 4 rings (SSSR count). The van der Waals surface area contributed by atoms with Crippen molar-refractivity contribution in [2.45, 2.75) is 55.5 Å². The Bertz CT molecular complexity index is 1380. The van der Waals surface area contributed by atoms with Crippen LogP contribution < -0.4 is 0 Å². The first-order chi connectivity index (χ1) is 17.4. The van der Waals surface area contributed by atoms with Gasteiger partial charge in [-0.15, -0.1) is 0 Å². The van der Waals surface area contributed by atoms with E-state index in [-0.39, 0.29) is 24.2 Å². The molecule has 1 aliphatic rings. The van der Waals surface area contributed by atoms with Gasteiger partial charge in [-0.1, -0.05) is 0 Å². The second kappa shape index (κ2) is 10.2. The molecule has 1 fully saturated rings. The summed E-state index contributed by atoms with van der Waals surface area (Å²) in [5, 5.41) is 0. The molecule has 0 aliphatic carbocycles. The number of Topliss-reactive ketones (excluding diaryl/α,β-unsaturated/α-hetero) is 1. The molecule has 2 aromatic heterocycles. The SMILES string of the molecule is C[C@H]1[C@H](F)C[C@@H](C(=O)CCc2cc(-c3cnc(C(F)(F)F)nc3)ccn2)N1S(=O)(=O)c1ccc(F)cc1. The number of ketones is 1. The lowest BCUT2D eigenvalue weighted by Crippen LogP contribution is -2.44. The Labute approximate surface area is 209 Å². The fraction of sp³-hybridized carbons (Fsp3) is 0.333. The van der Waals surface area contributed by atoms with Crippen molar-refractivity contribution in [1.29, 1.82) is 0 Å². The molecule has 0 spiro atoms. The van der Waals surface area contributed by atoms with E-state index in [0.717, 1.165) is 41.0 Å². The molecule has 0 N–H and O–H groups in total. The van der Waals surface area contributed by atoms with E-state index in [2.05, 4.69) is 15.0 Å². The molecule has 3 aromatic rings. The molecule has 0 saturated carbocycles. The third-order valence-corrected chi connectivity index (χ3v) is 8.13. The minimum Gasteiger partial charge on any atom is -0.298 e. The zero-order valence-corrected chi connectivity index (χ0v) is 20.2. The van der Waals surface area contributed by atoms with Gasteiger partial charge in [-0.3, -0.25) is 9.78 Å². The number of carbonyl (C=O) groups is 1. The number of aryl methyl sites for hydroxylation is 1. The van der Waals surface area contributed by atoms with Gasteiger partial charge < -0.3 is 0 Å². The van der Waals surface area contributed by atoms with Crippen LogP contribution in [-0.2, 0) is 27.4 Å². The lowest BCUT2D eigenvalue weighted by Gasteiger charge is -2.26. The smallest absolute Gasteiger partial charge is 0.298 e. The van der Waals surface area contributed by atoms with Crippen LogP contribution in [0.1, 0.15) is 31.3 Å². The minimum atomic E-state index is -4.67. The van der Waals surface area contributed by atoms with Crippen molar-refractivity contribution >= 4 is 15.8 Å². The number of halogens is 5. The topological polar surface area (TPSA) is 93.1 Å². The highest BCUT2D eigenvalue weighted by molar-refractivity contribution is 7.89. The average molecular weight is 541 g/mol. The first-order valence-electron chi connectivity index (χ1n) is 11.2. The second-order valence-electron chi connectivity index (χ2n) is 8.59. The number of hydrogen-bond acceptors (Lipinski definition) is 6. The molecule has 0 radical (unpaired) electrons. The van der Waals surface area contributed by atoms with Crippen LogP contribution in [0, 0.1) is 5.82 Å². The van der Waals surface area contributed by atoms with Gasteiger partial charge in [-0.05, 0) is 55.3 Å². The lowest BCUT2D eigenvalue weighted by molar-refractivity contribution is -0.145. The Kier molecular flexibility index (Phi) is 7.38. The Morgan fingerprint density at radius 1 is 1.05 bits per heavy atom. The van der Waals surface area contributed by atoms with Crippen molar-refractivity contribution in [3.05, 3.63) is 72.3 Å². The number of aromatic nitrogens is 3. The zero-order chi connectivity index (χ0) is 27.0. The molecule has 3 heterocycles. The largest absolute Gasteiger partial charge is 0.451 e. The van der Waals surface area contributed by atoms with Crippen LogP contribution in [0.4, 0.5) is 22.0 Å².